The molecule has 0 spiro atoms. The molecular formula is C22H23N5O4. The maximum Gasteiger partial charge on any atom is 0.267 e. The summed E-state index contributed by atoms with van der Waals surface area (Å²) in [7, 11) is 1.59. The van der Waals surface area contributed by atoms with Crippen molar-refractivity contribution in [2.75, 3.05) is 13.7 Å². The summed E-state index contributed by atoms with van der Waals surface area (Å²) in [4.78, 5) is 40.9. The number of amides is 1. The number of nitrogens with zero attached hydrogens (tertiary/aromatic N) is 4. The predicted octanol–water partition coefficient (Wildman–Crippen LogP) is 1.17. The van der Waals surface area contributed by atoms with Crippen LogP contribution in [0.25, 0.3) is 11.3 Å². The number of benzene rings is 1. The zero-order valence-electron chi connectivity index (χ0n) is 17.2. The topological polar surface area (TPSA) is 108 Å². The number of rotatable bonds is 8. The Kier molecular flexibility index (Phi) is 5.92. The molecular weight excluding hydrogens is 398 g/mol. The molecule has 4 rings (SSSR count). The molecule has 1 aliphatic rings. The van der Waals surface area contributed by atoms with Gasteiger partial charge in [-0.05, 0) is 43.2 Å². The van der Waals surface area contributed by atoms with E-state index >= 15 is 0 Å². The molecule has 9 heteroatoms. The second-order valence-electron chi connectivity index (χ2n) is 7.41. The normalized spacial score (nSPS) is 13.1. The van der Waals surface area contributed by atoms with Gasteiger partial charge < -0.3 is 10.1 Å². The van der Waals surface area contributed by atoms with Crippen LogP contribution >= 0.6 is 0 Å². The first-order valence-corrected chi connectivity index (χ1v) is 10.1. The first-order valence-electron chi connectivity index (χ1n) is 10.1. The lowest BCUT2D eigenvalue weighted by atomic mass is 10.1. The van der Waals surface area contributed by atoms with Crippen LogP contribution in [0, 0.1) is 0 Å². The van der Waals surface area contributed by atoms with Crippen molar-refractivity contribution in [1.82, 2.24) is 24.6 Å². The zero-order chi connectivity index (χ0) is 21.8. The zero-order valence-corrected chi connectivity index (χ0v) is 17.2. The first-order chi connectivity index (χ1) is 15.0. The molecule has 2 heterocycles. The molecule has 2 aromatic heterocycles. The van der Waals surface area contributed by atoms with E-state index in [2.05, 4.69) is 15.4 Å². The van der Waals surface area contributed by atoms with E-state index in [0.29, 0.717) is 11.6 Å². The summed E-state index contributed by atoms with van der Waals surface area (Å²) in [5.74, 6) is 0.790. The Morgan fingerprint density at radius 1 is 1.13 bits per heavy atom. The van der Waals surface area contributed by atoms with E-state index in [1.165, 1.54) is 27.7 Å². The number of carbonyl (C=O) groups excluding carboxylic acids is 1. The molecule has 0 saturated heterocycles. The van der Waals surface area contributed by atoms with Crippen molar-refractivity contribution in [1.29, 1.82) is 0 Å². The molecule has 9 nitrogen and oxygen atoms in total. The Bertz CT molecular complexity index is 1200. The fraction of sp³-hybridized carbons (Fsp3) is 0.318. The molecule has 1 N–H and O–H groups in total. The van der Waals surface area contributed by atoms with E-state index in [1.807, 2.05) is 12.1 Å². The number of aromatic nitrogens is 4. The second kappa shape index (κ2) is 8.95. The van der Waals surface area contributed by atoms with Crippen LogP contribution in [0.4, 0.5) is 0 Å². The number of hydrogen-bond acceptors (Lipinski definition) is 6. The quantitative estimate of drug-likeness (QED) is 0.585. The summed E-state index contributed by atoms with van der Waals surface area (Å²) in [6.07, 6.45) is 3.59. The molecule has 1 saturated carbocycles. The van der Waals surface area contributed by atoms with Gasteiger partial charge in [0.2, 0.25) is 5.91 Å². The summed E-state index contributed by atoms with van der Waals surface area (Å²) in [6.45, 7) is 0.354. The van der Waals surface area contributed by atoms with Gasteiger partial charge in [0.05, 0.1) is 24.8 Å². The van der Waals surface area contributed by atoms with Crippen molar-refractivity contribution >= 4 is 5.91 Å². The number of ether oxygens (including phenoxy) is 1. The van der Waals surface area contributed by atoms with Gasteiger partial charge in [0, 0.05) is 36.7 Å². The third kappa shape index (κ3) is 5.06. The lowest BCUT2D eigenvalue weighted by Crippen LogP contribution is -2.36. The first kappa shape index (κ1) is 20.5. The molecule has 31 heavy (non-hydrogen) atoms. The standard InChI is InChI=1S/C22H23N5O4/c1-31-17-6-4-16(5-7-17)19-12-22(30)26(14-24-19)11-10-23-20(28)13-27-21(29)9-8-18(25-27)15-2-3-15/h4-9,12,14-15H,2-3,10-11,13H2,1H3,(H,23,28). The van der Waals surface area contributed by atoms with Gasteiger partial charge in [0.15, 0.2) is 0 Å². The summed E-state index contributed by atoms with van der Waals surface area (Å²) in [6, 6.07) is 11.9. The van der Waals surface area contributed by atoms with Crippen LogP contribution in [0.1, 0.15) is 24.5 Å². The van der Waals surface area contributed by atoms with Crippen molar-refractivity contribution < 1.29 is 9.53 Å². The highest BCUT2D eigenvalue weighted by atomic mass is 16.5. The average molecular weight is 421 g/mol. The minimum absolute atomic E-state index is 0.150. The van der Waals surface area contributed by atoms with Crippen molar-refractivity contribution in [3.05, 3.63) is 75.2 Å². The minimum Gasteiger partial charge on any atom is -0.497 e. The lowest BCUT2D eigenvalue weighted by Gasteiger charge is -2.09. The fourth-order valence-corrected chi connectivity index (χ4v) is 3.20. The monoisotopic (exact) mass is 421 g/mol. The van der Waals surface area contributed by atoms with E-state index in [1.54, 1.807) is 25.3 Å². The van der Waals surface area contributed by atoms with Crippen LogP contribution in [0.3, 0.4) is 0 Å². The van der Waals surface area contributed by atoms with Crippen molar-refractivity contribution in [2.45, 2.75) is 31.8 Å². The largest absolute Gasteiger partial charge is 0.497 e. The number of methoxy groups -OCH3 is 1. The van der Waals surface area contributed by atoms with Gasteiger partial charge in [0.25, 0.3) is 11.1 Å². The molecule has 1 aromatic carbocycles. The van der Waals surface area contributed by atoms with Gasteiger partial charge in [-0.3, -0.25) is 19.0 Å². The maximum absolute atomic E-state index is 12.4. The van der Waals surface area contributed by atoms with E-state index in [-0.39, 0.29) is 36.7 Å². The highest BCUT2D eigenvalue weighted by Crippen LogP contribution is 2.38. The number of nitrogens with one attached hydrogen (secondary N) is 1. The molecule has 0 unspecified atom stereocenters. The van der Waals surface area contributed by atoms with Crippen LogP contribution in [0.15, 0.2) is 58.4 Å². The van der Waals surface area contributed by atoms with Crippen molar-refractivity contribution in [3.8, 4) is 17.0 Å². The summed E-state index contributed by atoms with van der Waals surface area (Å²) in [5, 5.41) is 6.99. The third-order valence-electron chi connectivity index (χ3n) is 5.12. The molecule has 1 amide bonds. The van der Waals surface area contributed by atoms with E-state index in [0.717, 1.165) is 29.8 Å². The van der Waals surface area contributed by atoms with Gasteiger partial charge >= 0.3 is 0 Å². The Labute approximate surface area is 178 Å². The third-order valence-corrected chi connectivity index (χ3v) is 5.12. The molecule has 160 valence electrons. The average Bonchev–Trinajstić information content (AvgIpc) is 3.62. The van der Waals surface area contributed by atoms with Gasteiger partial charge in [-0.2, -0.15) is 5.10 Å². The minimum atomic E-state index is -0.335. The molecule has 0 radical (unpaired) electrons. The Balaban J connectivity index is 1.33. The highest BCUT2D eigenvalue weighted by molar-refractivity contribution is 5.75. The fourth-order valence-electron chi connectivity index (χ4n) is 3.20. The van der Waals surface area contributed by atoms with Gasteiger partial charge in [0.1, 0.15) is 12.3 Å². The summed E-state index contributed by atoms with van der Waals surface area (Å²) in [5.41, 5.74) is 1.69. The van der Waals surface area contributed by atoms with Crippen LogP contribution < -0.4 is 21.2 Å². The SMILES string of the molecule is COc1ccc(-c2cc(=O)n(CCNC(=O)Cn3nc(C4CC4)ccc3=O)cn2)cc1. The Morgan fingerprint density at radius 2 is 1.90 bits per heavy atom. The van der Waals surface area contributed by atoms with Crippen LogP contribution in [-0.2, 0) is 17.9 Å². The second-order valence-corrected chi connectivity index (χ2v) is 7.41. The maximum atomic E-state index is 12.4. The molecule has 3 aromatic rings. The molecule has 0 bridgehead atoms. The van der Waals surface area contributed by atoms with Crippen LogP contribution in [-0.4, -0.2) is 38.9 Å². The van der Waals surface area contributed by atoms with Gasteiger partial charge in [-0.15, -0.1) is 0 Å². The molecule has 1 fully saturated rings. The van der Waals surface area contributed by atoms with Crippen molar-refractivity contribution in [3.63, 3.8) is 0 Å². The van der Waals surface area contributed by atoms with Gasteiger partial charge in [-0.1, -0.05) is 0 Å². The Morgan fingerprint density at radius 3 is 2.58 bits per heavy atom. The van der Waals surface area contributed by atoms with E-state index in [9.17, 15) is 14.4 Å². The van der Waals surface area contributed by atoms with E-state index in [4.69, 9.17) is 4.74 Å². The summed E-state index contributed by atoms with van der Waals surface area (Å²) < 4.78 is 7.73. The van der Waals surface area contributed by atoms with E-state index < -0.39 is 0 Å². The lowest BCUT2D eigenvalue weighted by molar-refractivity contribution is -0.121. The summed E-state index contributed by atoms with van der Waals surface area (Å²) >= 11 is 0. The smallest absolute Gasteiger partial charge is 0.267 e. The Hall–Kier alpha value is -3.75. The molecule has 0 atom stereocenters. The van der Waals surface area contributed by atoms with Crippen molar-refractivity contribution in [2.24, 2.45) is 0 Å². The number of carbonyl (C=O) groups is 1. The predicted molar refractivity (Wildman–Crippen MR) is 114 cm³/mol. The van der Waals surface area contributed by atoms with Crippen LogP contribution in [0.2, 0.25) is 0 Å². The highest BCUT2D eigenvalue weighted by Gasteiger charge is 2.25. The molecule has 0 aliphatic heterocycles. The molecule has 1 aliphatic carbocycles. The van der Waals surface area contributed by atoms with Gasteiger partial charge in [-0.25, -0.2) is 9.67 Å². The number of hydrogen-bond donors (Lipinski definition) is 1. The van der Waals surface area contributed by atoms with Crippen LogP contribution in [0.5, 0.6) is 5.75 Å².